The van der Waals surface area contributed by atoms with Gasteiger partial charge in [-0.25, -0.2) is 9.97 Å². The number of aromatic nitrogens is 2. The third-order valence-corrected chi connectivity index (χ3v) is 2.59. The molecular formula is C14H26N4O3. The van der Waals surface area contributed by atoms with E-state index in [0.29, 0.717) is 38.8 Å². The van der Waals surface area contributed by atoms with Crippen molar-refractivity contribution in [3.63, 3.8) is 0 Å². The van der Waals surface area contributed by atoms with Crippen molar-refractivity contribution in [2.75, 3.05) is 57.8 Å². The SMILES string of the molecule is CCCNc1cc(NCCOCCOC)nc(COC)n1. The second-order valence-electron chi connectivity index (χ2n) is 4.45. The number of nitrogens with zero attached hydrogens (tertiary/aromatic N) is 2. The molecule has 0 unspecified atom stereocenters. The van der Waals surface area contributed by atoms with Crippen LogP contribution in [-0.4, -0.2) is 57.1 Å². The minimum absolute atomic E-state index is 0.390. The van der Waals surface area contributed by atoms with E-state index in [4.69, 9.17) is 14.2 Å². The molecule has 0 saturated heterocycles. The summed E-state index contributed by atoms with van der Waals surface area (Å²) in [4.78, 5) is 8.79. The number of anilines is 2. The van der Waals surface area contributed by atoms with Gasteiger partial charge < -0.3 is 24.8 Å². The van der Waals surface area contributed by atoms with Crippen molar-refractivity contribution < 1.29 is 14.2 Å². The van der Waals surface area contributed by atoms with Gasteiger partial charge in [-0.05, 0) is 6.42 Å². The lowest BCUT2D eigenvalue weighted by molar-refractivity contribution is 0.0759. The molecule has 0 aliphatic carbocycles. The average Bonchev–Trinajstić information content (AvgIpc) is 2.49. The summed E-state index contributed by atoms with van der Waals surface area (Å²) in [5, 5.41) is 6.48. The van der Waals surface area contributed by atoms with Gasteiger partial charge >= 0.3 is 0 Å². The molecule has 0 amide bonds. The molecule has 0 bridgehead atoms. The normalized spacial score (nSPS) is 10.6. The maximum absolute atomic E-state index is 5.40. The van der Waals surface area contributed by atoms with Crippen LogP contribution in [0.5, 0.6) is 0 Å². The largest absolute Gasteiger partial charge is 0.382 e. The first-order valence-corrected chi connectivity index (χ1v) is 7.21. The van der Waals surface area contributed by atoms with Crippen LogP contribution in [0.25, 0.3) is 0 Å². The van der Waals surface area contributed by atoms with Crippen molar-refractivity contribution in [1.29, 1.82) is 0 Å². The third kappa shape index (κ3) is 7.79. The first kappa shape index (κ1) is 17.6. The van der Waals surface area contributed by atoms with Crippen LogP contribution in [-0.2, 0) is 20.8 Å². The minimum atomic E-state index is 0.390. The van der Waals surface area contributed by atoms with E-state index in [-0.39, 0.29) is 0 Å². The highest BCUT2D eigenvalue weighted by Gasteiger charge is 2.04. The molecule has 0 saturated carbocycles. The third-order valence-electron chi connectivity index (χ3n) is 2.59. The standard InChI is InChI=1S/C14H26N4O3/c1-4-5-15-12-10-13(18-14(17-12)11-20-3)16-6-7-21-9-8-19-2/h10H,4-9,11H2,1-3H3,(H2,15,16,17,18). The first-order chi connectivity index (χ1) is 10.3. The summed E-state index contributed by atoms with van der Waals surface area (Å²) in [6.07, 6.45) is 1.04. The van der Waals surface area contributed by atoms with Gasteiger partial charge in [-0.2, -0.15) is 0 Å². The van der Waals surface area contributed by atoms with Crippen LogP contribution >= 0.6 is 0 Å². The second kappa shape index (κ2) is 11.2. The first-order valence-electron chi connectivity index (χ1n) is 7.21. The molecule has 120 valence electrons. The smallest absolute Gasteiger partial charge is 0.158 e. The lowest BCUT2D eigenvalue weighted by atomic mass is 10.4. The van der Waals surface area contributed by atoms with Crippen molar-refractivity contribution in [3.8, 4) is 0 Å². The molecule has 0 aliphatic rings. The van der Waals surface area contributed by atoms with E-state index in [1.54, 1.807) is 14.2 Å². The molecule has 0 atom stereocenters. The van der Waals surface area contributed by atoms with E-state index in [9.17, 15) is 0 Å². The summed E-state index contributed by atoms with van der Waals surface area (Å²) in [5.41, 5.74) is 0. The van der Waals surface area contributed by atoms with Crippen LogP contribution in [0.15, 0.2) is 6.07 Å². The van der Waals surface area contributed by atoms with Gasteiger partial charge in [0.25, 0.3) is 0 Å². The lowest BCUT2D eigenvalue weighted by Gasteiger charge is -2.11. The zero-order valence-electron chi connectivity index (χ0n) is 13.1. The molecule has 7 nitrogen and oxygen atoms in total. The van der Waals surface area contributed by atoms with Gasteiger partial charge in [0, 0.05) is 33.4 Å². The summed E-state index contributed by atoms with van der Waals surface area (Å²) < 4.78 is 15.4. The lowest BCUT2D eigenvalue weighted by Crippen LogP contribution is -2.14. The fraction of sp³-hybridized carbons (Fsp3) is 0.714. The highest BCUT2D eigenvalue weighted by molar-refractivity contribution is 5.47. The van der Waals surface area contributed by atoms with E-state index in [2.05, 4.69) is 27.5 Å². The van der Waals surface area contributed by atoms with Gasteiger partial charge in [0.2, 0.25) is 0 Å². The molecule has 1 heterocycles. The van der Waals surface area contributed by atoms with Crippen LogP contribution < -0.4 is 10.6 Å². The molecule has 0 spiro atoms. The number of hydrogen-bond donors (Lipinski definition) is 2. The Balaban J connectivity index is 2.48. The van der Waals surface area contributed by atoms with Gasteiger partial charge in [0.05, 0.1) is 19.8 Å². The Morgan fingerprint density at radius 2 is 1.67 bits per heavy atom. The van der Waals surface area contributed by atoms with E-state index in [0.717, 1.165) is 24.6 Å². The van der Waals surface area contributed by atoms with Crippen LogP contribution in [0.2, 0.25) is 0 Å². The molecule has 1 aromatic rings. The van der Waals surface area contributed by atoms with Gasteiger partial charge in [-0.15, -0.1) is 0 Å². The Labute approximate surface area is 126 Å². The van der Waals surface area contributed by atoms with E-state index < -0.39 is 0 Å². The molecule has 1 aromatic heterocycles. The molecule has 0 aromatic carbocycles. The highest BCUT2D eigenvalue weighted by Crippen LogP contribution is 2.12. The summed E-state index contributed by atoms with van der Waals surface area (Å²) >= 11 is 0. The van der Waals surface area contributed by atoms with Crippen LogP contribution in [0.4, 0.5) is 11.6 Å². The van der Waals surface area contributed by atoms with Crippen LogP contribution in [0, 0.1) is 0 Å². The second-order valence-corrected chi connectivity index (χ2v) is 4.45. The maximum Gasteiger partial charge on any atom is 0.158 e. The Hall–Kier alpha value is -1.44. The number of nitrogens with one attached hydrogen (secondary N) is 2. The fourth-order valence-electron chi connectivity index (χ4n) is 1.62. The van der Waals surface area contributed by atoms with Crippen LogP contribution in [0.3, 0.4) is 0 Å². The van der Waals surface area contributed by atoms with Crippen molar-refractivity contribution in [1.82, 2.24) is 9.97 Å². The van der Waals surface area contributed by atoms with E-state index in [1.807, 2.05) is 6.07 Å². The van der Waals surface area contributed by atoms with Gasteiger partial charge in [-0.1, -0.05) is 6.92 Å². The summed E-state index contributed by atoms with van der Waals surface area (Å²) in [7, 11) is 3.29. The molecule has 21 heavy (non-hydrogen) atoms. The molecular weight excluding hydrogens is 272 g/mol. The predicted molar refractivity (Wildman–Crippen MR) is 82.7 cm³/mol. The molecule has 0 aliphatic heterocycles. The van der Waals surface area contributed by atoms with Crippen molar-refractivity contribution >= 4 is 11.6 Å². The van der Waals surface area contributed by atoms with E-state index >= 15 is 0 Å². The highest BCUT2D eigenvalue weighted by atomic mass is 16.5. The Bertz CT molecular complexity index is 390. The van der Waals surface area contributed by atoms with Crippen LogP contribution in [0.1, 0.15) is 19.2 Å². The van der Waals surface area contributed by atoms with E-state index in [1.165, 1.54) is 0 Å². The number of ether oxygens (including phenoxy) is 3. The Morgan fingerprint density at radius 1 is 0.952 bits per heavy atom. The Kier molecular flexibility index (Phi) is 9.43. The number of methoxy groups -OCH3 is 2. The maximum atomic E-state index is 5.40. The van der Waals surface area contributed by atoms with Gasteiger partial charge in [-0.3, -0.25) is 0 Å². The quantitative estimate of drug-likeness (QED) is 0.566. The van der Waals surface area contributed by atoms with Crippen molar-refractivity contribution in [2.45, 2.75) is 20.0 Å². The molecule has 1 rings (SSSR count). The number of hydrogen-bond acceptors (Lipinski definition) is 7. The monoisotopic (exact) mass is 298 g/mol. The predicted octanol–water partition coefficient (Wildman–Crippen LogP) is 1.52. The van der Waals surface area contributed by atoms with Gasteiger partial charge in [0.15, 0.2) is 5.82 Å². The minimum Gasteiger partial charge on any atom is -0.382 e. The molecule has 7 heteroatoms. The van der Waals surface area contributed by atoms with Crippen molar-refractivity contribution in [3.05, 3.63) is 11.9 Å². The Morgan fingerprint density at radius 3 is 2.29 bits per heavy atom. The zero-order chi connectivity index (χ0) is 15.3. The number of rotatable bonds is 12. The topological polar surface area (TPSA) is 77.5 Å². The molecule has 0 fully saturated rings. The van der Waals surface area contributed by atoms with Crippen molar-refractivity contribution in [2.24, 2.45) is 0 Å². The summed E-state index contributed by atoms with van der Waals surface area (Å²) in [6.45, 7) is 5.87. The molecule has 0 radical (unpaired) electrons. The fourth-order valence-corrected chi connectivity index (χ4v) is 1.62. The average molecular weight is 298 g/mol. The summed E-state index contributed by atoms with van der Waals surface area (Å²) in [6, 6.07) is 1.89. The molecule has 2 N–H and O–H groups in total. The summed E-state index contributed by atoms with van der Waals surface area (Å²) in [5.74, 6) is 2.23. The zero-order valence-corrected chi connectivity index (χ0v) is 13.1. The van der Waals surface area contributed by atoms with Gasteiger partial charge in [0.1, 0.15) is 18.2 Å².